The Hall–Kier alpha value is -1.81. The van der Waals surface area contributed by atoms with E-state index in [-0.39, 0.29) is 0 Å². The van der Waals surface area contributed by atoms with Crippen molar-refractivity contribution >= 4 is 22.6 Å². The van der Waals surface area contributed by atoms with E-state index in [4.69, 9.17) is 16.6 Å². The number of nitrogens with zero attached hydrogens (tertiary/aromatic N) is 4. The molecule has 2 heterocycles. The molecule has 0 amide bonds. The summed E-state index contributed by atoms with van der Waals surface area (Å²) in [6, 6.07) is 8.29. The molecule has 0 aliphatic carbocycles. The highest BCUT2D eigenvalue weighted by molar-refractivity contribution is 6.17. The Labute approximate surface area is 129 Å². The number of rotatable bonds is 6. The highest BCUT2D eigenvalue weighted by atomic mass is 35.5. The molecule has 0 unspecified atom stereocenters. The van der Waals surface area contributed by atoms with Gasteiger partial charge in [0.05, 0.1) is 11.0 Å². The molecule has 3 aromatic rings. The monoisotopic (exact) mass is 302 g/mol. The number of hydrogen-bond acceptors (Lipinski definition) is 2. The average Bonchev–Trinajstić information content (AvgIpc) is 3.09. The van der Waals surface area contributed by atoms with E-state index in [1.165, 1.54) is 11.1 Å². The molecule has 0 saturated heterocycles. The zero-order valence-corrected chi connectivity index (χ0v) is 12.9. The van der Waals surface area contributed by atoms with E-state index < -0.39 is 0 Å². The Kier molecular flexibility index (Phi) is 4.25. The summed E-state index contributed by atoms with van der Waals surface area (Å²) in [6.45, 7) is 3.96. The lowest BCUT2D eigenvalue weighted by Crippen LogP contribution is -2.08. The van der Waals surface area contributed by atoms with Crippen molar-refractivity contribution in [3.05, 3.63) is 48.0 Å². The number of imidazole rings is 1. The van der Waals surface area contributed by atoms with Gasteiger partial charge in [0.1, 0.15) is 5.82 Å². The zero-order valence-electron chi connectivity index (χ0n) is 12.2. The third-order valence-corrected chi connectivity index (χ3v) is 3.89. The Morgan fingerprint density at radius 1 is 1.19 bits per heavy atom. The first-order valence-corrected chi connectivity index (χ1v) is 7.81. The van der Waals surface area contributed by atoms with Crippen molar-refractivity contribution in [2.45, 2.75) is 32.9 Å². The minimum atomic E-state index is 0.599. The normalized spacial score (nSPS) is 11.3. The van der Waals surface area contributed by atoms with Crippen LogP contribution in [0, 0.1) is 6.92 Å². The van der Waals surface area contributed by atoms with Crippen LogP contribution in [-0.2, 0) is 19.5 Å². The maximum atomic E-state index is 5.92. The third-order valence-electron chi connectivity index (χ3n) is 3.71. The predicted molar refractivity (Wildman–Crippen MR) is 85.7 cm³/mol. The zero-order chi connectivity index (χ0) is 14.7. The van der Waals surface area contributed by atoms with E-state index in [1.54, 1.807) is 0 Å². The van der Waals surface area contributed by atoms with E-state index in [2.05, 4.69) is 34.8 Å². The van der Waals surface area contributed by atoms with Crippen molar-refractivity contribution in [2.24, 2.45) is 0 Å². The van der Waals surface area contributed by atoms with Crippen LogP contribution in [0.4, 0.5) is 0 Å². The molecule has 4 nitrogen and oxygen atoms in total. The van der Waals surface area contributed by atoms with Crippen LogP contribution in [-0.4, -0.2) is 25.2 Å². The fourth-order valence-electron chi connectivity index (χ4n) is 2.68. The van der Waals surface area contributed by atoms with E-state index in [1.807, 2.05) is 23.1 Å². The third kappa shape index (κ3) is 2.95. The lowest BCUT2D eigenvalue weighted by molar-refractivity contribution is 0.524. The molecule has 3 rings (SSSR count). The van der Waals surface area contributed by atoms with Crippen LogP contribution in [0.25, 0.3) is 11.0 Å². The number of aromatic nitrogens is 4. The summed E-state index contributed by atoms with van der Waals surface area (Å²) in [4.78, 5) is 4.77. The van der Waals surface area contributed by atoms with Gasteiger partial charge in [0.25, 0.3) is 0 Å². The summed E-state index contributed by atoms with van der Waals surface area (Å²) < 4.78 is 4.26. The predicted octanol–water partition coefficient (Wildman–Crippen LogP) is 3.41. The van der Waals surface area contributed by atoms with Crippen molar-refractivity contribution < 1.29 is 0 Å². The molecule has 2 aromatic heterocycles. The molecule has 0 radical (unpaired) electrons. The number of halogens is 1. The van der Waals surface area contributed by atoms with Crippen molar-refractivity contribution in [3.8, 4) is 0 Å². The topological polar surface area (TPSA) is 35.6 Å². The number of hydrogen-bond donors (Lipinski definition) is 0. The molecule has 110 valence electrons. The molecule has 1 aromatic carbocycles. The molecule has 0 bridgehead atoms. The van der Waals surface area contributed by atoms with Gasteiger partial charge in [-0.3, -0.25) is 4.68 Å². The number of benzene rings is 1. The molecule has 0 saturated carbocycles. The fraction of sp³-hybridized carbons (Fsp3) is 0.375. The molecule has 0 atom stereocenters. The first-order chi connectivity index (χ1) is 10.3. The maximum absolute atomic E-state index is 5.92. The van der Waals surface area contributed by atoms with Crippen LogP contribution in [0.1, 0.15) is 17.8 Å². The Balaban J connectivity index is 1.84. The second-order valence-corrected chi connectivity index (χ2v) is 5.56. The summed E-state index contributed by atoms with van der Waals surface area (Å²) in [5.41, 5.74) is 3.52. The number of fused-ring (bicyclic) bond motifs is 1. The highest BCUT2D eigenvalue weighted by Crippen LogP contribution is 2.20. The van der Waals surface area contributed by atoms with Crippen LogP contribution in [0.5, 0.6) is 0 Å². The molecular weight excluding hydrogens is 284 g/mol. The Bertz CT molecular complexity index is 715. The maximum Gasteiger partial charge on any atom is 0.111 e. The van der Waals surface area contributed by atoms with Gasteiger partial charge in [0, 0.05) is 37.8 Å². The van der Waals surface area contributed by atoms with Gasteiger partial charge in [0.2, 0.25) is 0 Å². The number of para-hydroxylation sites is 1. The van der Waals surface area contributed by atoms with E-state index >= 15 is 0 Å². The number of aryl methyl sites for hydroxylation is 4. The lowest BCUT2D eigenvalue weighted by Gasteiger charge is -2.09. The summed E-state index contributed by atoms with van der Waals surface area (Å²) in [5, 5.41) is 4.24. The summed E-state index contributed by atoms with van der Waals surface area (Å²) in [5.74, 6) is 1.68. The molecule has 0 aliphatic heterocycles. The van der Waals surface area contributed by atoms with Gasteiger partial charge >= 0.3 is 0 Å². The molecule has 0 N–H and O–H groups in total. The minimum absolute atomic E-state index is 0.599. The Morgan fingerprint density at radius 3 is 2.86 bits per heavy atom. The highest BCUT2D eigenvalue weighted by Gasteiger charge is 2.11. The van der Waals surface area contributed by atoms with Gasteiger partial charge in [-0.2, -0.15) is 5.10 Å². The van der Waals surface area contributed by atoms with Crippen molar-refractivity contribution in [1.82, 2.24) is 19.3 Å². The molecule has 0 spiro atoms. The second kappa shape index (κ2) is 6.31. The van der Waals surface area contributed by atoms with Crippen LogP contribution in [0.15, 0.2) is 36.7 Å². The molecule has 5 heteroatoms. The van der Waals surface area contributed by atoms with Crippen molar-refractivity contribution in [2.75, 3.05) is 5.88 Å². The molecule has 0 fully saturated rings. The van der Waals surface area contributed by atoms with Gasteiger partial charge < -0.3 is 4.57 Å². The van der Waals surface area contributed by atoms with Crippen LogP contribution >= 0.6 is 11.6 Å². The fourth-order valence-corrected chi connectivity index (χ4v) is 2.85. The summed E-state index contributed by atoms with van der Waals surface area (Å²) in [6.07, 6.45) is 5.64. The van der Waals surface area contributed by atoms with Crippen LogP contribution < -0.4 is 0 Å². The molecule has 21 heavy (non-hydrogen) atoms. The van der Waals surface area contributed by atoms with E-state index in [0.29, 0.717) is 5.88 Å². The van der Waals surface area contributed by atoms with Gasteiger partial charge in [-0.05, 0) is 31.0 Å². The first kappa shape index (κ1) is 14.1. The quantitative estimate of drug-likeness (QED) is 0.654. The molecule has 0 aliphatic rings. The average molecular weight is 303 g/mol. The van der Waals surface area contributed by atoms with Crippen LogP contribution in [0.3, 0.4) is 0 Å². The lowest BCUT2D eigenvalue weighted by atomic mass is 10.2. The Morgan fingerprint density at radius 2 is 2.10 bits per heavy atom. The second-order valence-electron chi connectivity index (χ2n) is 5.18. The van der Waals surface area contributed by atoms with Gasteiger partial charge in [-0.25, -0.2) is 4.98 Å². The summed E-state index contributed by atoms with van der Waals surface area (Å²) in [7, 11) is 0. The minimum Gasteiger partial charge on any atom is -0.328 e. The van der Waals surface area contributed by atoms with Gasteiger partial charge in [0.15, 0.2) is 0 Å². The van der Waals surface area contributed by atoms with E-state index in [0.717, 1.165) is 37.3 Å². The van der Waals surface area contributed by atoms with Gasteiger partial charge in [-0.15, -0.1) is 11.6 Å². The summed E-state index contributed by atoms with van der Waals surface area (Å²) >= 11 is 5.92. The van der Waals surface area contributed by atoms with Crippen molar-refractivity contribution in [1.29, 1.82) is 0 Å². The largest absolute Gasteiger partial charge is 0.328 e. The van der Waals surface area contributed by atoms with Crippen molar-refractivity contribution in [3.63, 3.8) is 0 Å². The standard InChI is InChI=1S/C16H19ClN4/c1-13-5-2-6-14-16(13)19-15(7-8-17)21(14)12-4-11-20-10-3-9-18-20/h2-3,5-6,9-10H,4,7-8,11-12H2,1H3. The first-order valence-electron chi connectivity index (χ1n) is 7.27. The van der Waals surface area contributed by atoms with Gasteiger partial charge in [-0.1, -0.05) is 12.1 Å². The van der Waals surface area contributed by atoms with Crippen LogP contribution in [0.2, 0.25) is 0 Å². The molecular formula is C16H19ClN4. The van der Waals surface area contributed by atoms with E-state index in [9.17, 15) is 0 Å². The SMILES string of the molecule is Cc1cccc2c1nc(CCCl)n2CCCn1cccn1. The number of alkyl halides is 1. The smallest absolute Gasteiger partial charge is 0.111 e.